The Kier molecular flexibility index (Phi) is 5.97. The largest absolute Gasteiger partial charge is 0.332 e. The van der Waals surface area contributed by atoms with Crippen molar-refractivity contribution in [3.05, 3.63) is 72.3 Å². The smallest absolute Gasteiger partial charge is 0.305 e. The Morgan fingerprint density at radius 3 is 2.20 bits per heavy atom. The predicted octanol–water partition coefficient (Wildman–Crippen LogP) is 4.82. The molecule has 8 nitrogen and oxygen atoms in total. The third kappa shape index (κ3) is 4.41. The second-order valence-corrected chi connectivity index (χ2v) is 10.9. The highest BCUT2D eigenvalue weighted by molar-refractivity contribution is 6.22. The van der Waals surface area contributed by atoms with Crippen LogP contribution in [0.5, 0.6) is 0 Å². The highest BCUT2D eigenvalue weighted by Crippen LogP contribution is 2.35. The first kappa shape index (κ1) is 24.5. The van der Waals surface area contributed by atoms with Crippen molar-refractivity contribution >= 4 is 29.3 Å². The monoisotopic (exact) mass is 473 g/mol. The summed E-state index contributed by atoms with van der Waals surface area (Å²) in [5.41, 5.74) is 1.61. The minimum absolute atomic E-state index is 0.0139. The van der Waals surface area contributed by atoms with Gasteiger partial charge in [-0.25, -0.2) is 24.1 Å². The van der Waals surface area contributed by atoms with Crippen molar-refractivity contribution in [3.63, 3.8) is 0 Å². The molecule has 0 unspecified atom stereocenters. The summed E-state index contributed by atoms with van der Waals surface area (Å²) in [6, 6.07) is 13.0. The molecule has 3 aromatic rings. The highest BCUT2D eigenvalue weighted by atomic mass is 16.2. The van der Waals surface area contributed by atoms with E-state index in [2.05, 4.69) is 35.7 Å². The van der Waals surface area contributed by atoms with Crippen LogP contribution < -0.4 is 9.38 Å². The van der Waals surface area contributed by atoms with Gasteiger partial charge in [0.25, 0.3) is 5.91 Å². The number of anilines is 1. The first-order valence-electron chi connectivity index (χ1n) is 11.7. The second kappa shape index (κ2) is 8.53. The van der Waals surface area contributed by atoms with Crippen LogP contribution in [0.2, 0.25) is 0 Å². The van der Waals surface area contributed by atoms with Crippen LogP contribution >= 0.6 is 0 Å². The van der Waals surface area contributed by atoms with Gasteiger partial charge in [0.2, 0.25) is 11.6 Å². The molecule has 2 aromatic heterocycles. The summed E-state index contributed by atoms with van der Waals surface area (Å²) in [6.45, 7) is 10.3. The van der Waals surface area contributed by atoms with Gasteiger partial charge in [-0.1, -0.05) is 32.9 Å². The number of benzene rings is 1. The lowest BCUT2D eigenvalue weighted by Crippen LogP contribution is -2.43. The predicted molar refractivity (Wildman–Crippen MR) is 137 cm³/mol. The fraction of sp³-hybridized carbons (Fsp3) is 0.370. The van der Waals surface area contributed by atoms with Gasteiger partial charge in [-0.2, -0.15) is 4.98 Å². The lowest BCUT2D eigenvalue weighted by atomic mass is 9.87. The van der Waals surface area contributed by atoms with E-state index in [1.54, 1.807) is 31.1 Å². The van der Waals surface area contributed by atoms with E-state index in [4.69, 9.17) is 0 Å². The van der Waals surface area contributed by atoms with Crippen LogP contribution in [0.25, 0.3) is 0 Å². The molecular formula is C27H33N6O2+. The van der Waals surface area contributed by atoms with Crippen LogP contribution in [0.15, 0.2) is 61.2 Å². The van der Waals surface area contributed by atoms with Gasteiger partial charge in [-0.15, -0.1) is 0 Å². The number of urea groups is 1. The Morgan fingerprint density at radius 2 is 1.60 bits per heavy atom. The van der Waals surface area contributed by atoms with Gasteiger partial charge in [0.05, 0.1) is 19.8 Å². The van der Waals surface area contributed by atoms with Crippen molar-refractivity contribution in [3.8, 4) is 0 Å². The molecule has 1 aliphatic heterocycles. The number of rotatable bonds is 5. The standard InChI is InChI=1S/C27H33N6O2/c1-26(2,3)20-8-10-21(11-9-20)32-24(34)27(4,5)31(25(32)35)17-19-12-15-29-23(16-19)33(6,7)22-13-14-28-18-30-22/h8-16,18H,17H2,1-7H3/q+1. The van der Waals surface area contributed by atoms with Gasteiger partial charge < -0.3 is 4.90 Å². The summed E-state index contributed by atoms with van der Waals surface area (Å²) in [5, 5.41) is 0. The highest BCUT2D eigenvalue weighted by Gasteiger charge is 2.51. The lowest BCUT2D eigenvalue weighted by Gasteiger charge is -2.29. The van der Waals surface area contributed by atoms with E-state index >= 15 is 0 Å². The molecule has 1 saturated heterocycles. The summed E-state index contributed by atoms with van der Waals surface area (Å²) in [5.74, 6) is 1.33. The van der Waals surface area contributed by atoms with Crippen LogP contribution in [-0.2, 0) is 16.8 Å². The molecule has 1 aromatic carbocycles. The van der Waals surface area contributed by atoms with Gasteiger partial charge in [0.15, 0.2) is 0 Å². The molecule has 3 heterocycles. The molecule has 1 fully saturated rings. The fourth-order valence-electron chi connectivity index (χ4n) is 4.22. The molecule has 3 amide bonds. The van der Waals surface area contributed by atoms with Crippen molar-refractivity contribution < 1.29 is 9.59 Å². The van der Waals surface area contributed by atoms with Crippen molar-refractivity contribution in [2.45, 2.75) is 52.1 Å². The van der Waals surface area contributed by atoms with E-state index in [9.17, 15) is 9.59 Å². The number of imide groups is 1. The van der Waals surface area contributed by atoms with Crippen LogP contribution in [-0.4, -0.2) is 51.4 Å². The number of carbonyl (C=O) groups excluding carboxylic acids is 2. The minimum Gasteiger partial charge on any atom is -0.305 e. The number of amides is 3. The summed E-state index contributed by atoms with van der Waals surface area (Å²) in [7, 11) is 3.98. The number of nitrogens with zero attached hydrogens (tertiary/aromatic N) is 6. The average Bonchev–Trinajstić information content (AvgIpc) is 2.98. The molecule has 1 aliphatic rings. The van der Waals surface area contributed by atoms with Gasteiger partial charge >= 0.3 is 6.03 Å². The zero-order valence-electron chi connectivity index (χ0n) is 21.5. The molecule has 4 rings (SSSR count). The Hall–Kier alpha value is -3.65. The van der Waals surface area contributed by atoms with Gasteiger partial charge in [-0.3, -0.25) is 4.79 Å². The van der Waals surface area contributed by atoms with Crippen molar-refractivity contribution in [1.29, 1.82) is 0 Å². The maximum Gasteiger partial charge on any atom is 0.332 e. The molecule has 8 heteroatoms. The number of quaternary nitrogens is 1. The molecule has 0 radical (unpaired) electrons. The van der Waals surface area contributed by atoms with Crippen LogP contribution in [0.3, 0.4) is 0 Å². The van der Waals surface area contributed by atoms with E-state index in [1.165, 1.54) is 11.2 Å². The Morgan fingerprint density at radius 1 is 0.914 bits per heavy atom. The van der Waals surface area contributed by atoms with Crippen LogP contribution in [0.4, 0.5) is 22.1 Å². The van der Waals surface area contributed by atoms with E-state index < -0.39 is 5.54 Å². The van der Waals surface area contributed by atoms with Gasteiger partial charge in [0.1, 0.15) is 11.9 Å². The average molecular weight is 474 g/mol. The minimum atomic E-state index is -0.986. The second-order valence-electron chi connectivity index (χ2n) is 10.9. The number of carbonyl (C=O) groups is 2. The molecule has 0 N–H and O–H groups in total. The van der Waals surface area contributed by atoms with Crippen molar-refractivity contribution in [1.82, 2.24) is 24.3 Å². The van der Waals surface area contributed by atoms with Crippen molar-refractivity contribution in [2.24, 2.45) is 0 Å². The van der Waals surface area contributed by atoms with Gasteiger partial charge in [-0.05, 0) is 48.6 Å². The fourth-order valence-corrected chi connectivity index (χ4v) is 4.22. The van der Waals surface area contributed by atoms with Crippen LogP contribution in [0, 0.1) is 0 Å². The third-order valence-electron chi connectivity index (χ3n) is 6.68. The number of hydrogen-bond donors (Lipinski definition) is 0. The SMILES string of the molecule is CC(C)(C)c1ccc(N2C(=O)N(Cc3ccnc([N+](C)(C)c4ccncn4)c3)C(C)(C)C2=O)cc1. The summed E-state index contributed by atoms with van der Waals surface area (Å²) in [4.78, 5) is 42.7. The van der Waals surface area contributed by atoms with E-state index in [0.717, 1.165) is 22.8 Å². The molecule has 0 atom stereocenters. The topological polar surface area (TPSA) is 79.3 Å². The molecule has 0 aliphatic carbocycles. The maximum atomic E-state index is 13.5. The zero-order chi connectivity index (χ0) is 25.6. The number of hydrogen-bond acceptors (Lipinski definition) is 5. The quantitative estimate of drug-likeness (QED) is 0.392. The molecule has 0 bridgehead atoms. The van der Waals surface area contributed by atoms with E-state index in [0.29, 0.717) is 10.2 Å². The normalized spacial score (nSPS) is 16.2. The first-order chi connectivity index (χ1) is 16.3. The number of pyridine rings is 1. The zero-order valence-corrected chi connectivity index (χ0v) is 21.5. The van der Waals surface area contributed by atoms with E-state index in [-0.39, 0.29) is 23.9 Å². The Bertz CT molecular complexity index is 1250. The molecule has 0 spiro atoms. The molecule has 182 valence electrons. The summed E-state index contributed by atoms with van der Waals surface area (Å²) < 4.78 is 0.318. The lowest BCUT2D eigenvalue weighted by molar-refractivity contribution is -0.123. The maximum absolute atomic E-state index is 13.5. The van der Waals surface area contributed by atoms with Gasteiger partial charge in [0, 0.05) is 31.1 Å². The van der Waals surface area contributed by atoms with E-state index in [1.807, 2.05) is 56.6 Å². The summed E-state index contributed by atoms with van der Waals surface area (Å²) >= 11 is 0. The van der Waals surface area contributed by atoms with Crippen molar-refractivity contribution in [2.75, 3.05) is 19.0 Å². The Labute approximate surface area is 206 Å². The molecular weight excluding hydrogens is 440 g/mol. The third-order valence-corrected chi connectivity index (χ3v) is 6.68. The number of aromatic nitrogens is 3. The Balaban J connectivity index is 1.62. The molecule has 0 saturated carbocycles. The van der Waals surface area contributed by atoms with Crippen LogP contribution in [0.1, 0.15) is 45.7 Å². The molecule has 35 heavy (non-hydrogen) atoms. The summed E-state index contributed by atoms with van der Waals surface area (Å²) in [6.07, 6.45) is 4.94. The first-order valence-corrected chi connectivity index (χ1v) is 11.7.